The average molecular weight is 335 g/mol. The number of carbonyl (C=O) groups is 2. The van der Waals surface area contributed by atoms with E-state index in [0.29, 0.717) is 25.3 Å². The van der Waals surface area contributed by atoms with Crippen LogP contribution in [0.25, 0.3) is 0 Å². The lowest BCUT2D eigenvalue weighted by molar-refractivity contribution is -0.146. The molecule has 134 valence electrons. The molecule has 0 saturated heterocycles. The second-order valence-corrected chi connectivity index (χ2v) is 5.87. The zero-order valence-electron chi connectivity index (χ0n) is 15.3. The molecule has 1 atom stereocenters. The number of benzene rings is 1. The molecule has 5 heteroatoms. The van der Waals surface area contributed by atoms with Gasteiger partial charge < -0.3 is 14.8 Å². The molecule has 1 rings (SSSR count). The summed E-state index contributed by atoms with van der Waals surface area (Å²) in [6.07, 6.45) is 0.802. The Labute approximate surface area is 144 Å². The van der Waals surface area contributed by atoms with Crippen molar-refractivity contribution in [3.8, 4) is 0 Å². The van der Waals surface area contributed by atoms with Gasteiger partial charge >= 0.3 is 11.9 Å². The van der Waals surface area contributed by atoms with Gasteiger partial charge in [-0.1, -0.05) is 32.9 Å². The largest absolute Gasteiger partial charge is 0.465 e. The first-order valence-corrected chi connectivity index (χ1v) is 8.64. The van der Waals surface area contributed by atoms with Crippen molar-refractivity contribution in [2.75, 3.05) is 13.2 Å². The topological polar surface area (TPSA) is 64.6 Å². The van der Waals surface area contributed by atoms with E-state index in [4.69, 9.17) is 9.47 Å². The Morgan fingerprint density at radius 2 is 1.75 bits per heavy atom. The van der Waals surface area contributed by atoms with Crippen LogP contribution in [0.1, 0.15) is 56.1 Å². The van der Waals surface area contributed by atoms with Crippen molar-refractivity contribution in [1.29, 1.82) is 0 Å². The lowest BCUT2D eigenvalue weighted by atomic mass is 9.97. The van der Waals surface area contributed by atoms with Gasteiger partial charge in [-0.05, 0) is 43.4 Å². The number of hydrogen-bond donors (Lipinski definition) is 1. The molecule has 0 aliphatic heterocycles. The molecule has 0 aliphatic rings. The van der Waals surface area contributed by atoms with Gasteiger partial charge in [-0.2, -0.15) is 0 Å². The molecular formula is C19H29NO4. The quantitative estimate of drug-likeness (QED) is 0.703. The molecule has 0 aromatic heterocycles. The van der Waals surface area contributed by atoms with E-state index >= 15 is 0 Å². The third kappa shape index (κ3) is 5.34. The average Bonchev–Trinajstić information content (AvgIpc) is 2.55. The molecule has 0 heterocycles. The number of rotatable bonds is 9. The molecule has 0 radical (unpaired) electrons. The summed E-state index contributed by atoms with van der Waals surface area (Å²) in [5.74, 6) is -0.509. The molecule has 0 amide bonds. The van der Waals surface area contributed by atoms with Crippen molar-refractivity contribution in [3.05, 3.63) is 34.9 Å². The van der Waals surface area contributed by atoms with Crippen molar-refractivity contribution in [1.82, 2.24) is 5.32 Å². The summed E-state index contributed by atoms with van der Waals surface area (Å²) in [5.41, 5.74) is 2.50. The molecule has 5 nitrogen and oxygen atoms in total. The van der Waals surface area contributed by atoms with E-state index in [-0.39, 0.29) is 17.9 Å². The maximum Gasteiger partial charge on any atom is 0.338 e. The minimum absolute atomic E-state index is 0.0869. The lowest BCUT2D eigenvalue weighted by Gasteiger charge is -2.22. The summed E-state index contributed by atoms with van der Waals surface area (Å²) in [4.78, 5) is 24.3. The second kappa shape index (κ2) is 10.1. The normalized spacial score (nSPS) is 12.1. The molecule has 0 fully saturated rings. The molecule has 1 aromatic rings. The number of esters is 2. The van der Waals surface area contributed by atoms with E-state index in [9.17, 15) is 9.59 Å². The Morgan fingerprint density at radius 3 is 2.29 bits per heavy atom. The van der Waals surface area contributed by atoms with E-state index in [1.165, 1.54) is 0 Å². The molecule has 0 saturated carbocycles. The predicted molar refractivity (Wildman–Crippen MR) is 93.9 cm³/mol. The van der Waals surface area contributed by atoms with Crippen LogP contribution in [0.3, 0.4) is 0 Å². The van der Waals surface area contributed by atoms with Gasteiger partial charge in [0.1, 0.15) is 6.04 Å². The van der Waals surface area contributed by atoms with E-state index in [1.807, 2.05) is 32.9 Å². The number of aryl methyl sites for hydroxylation is 1. The molecule has 1 unspecified atom stereocenters. The van der Waals surface area contributed by atoms with Crippen molar-refractivity contribution < 1.29 is 19.1 Å². The summed E-state index contributed by atoms with van der Waals surface area (Å²) in [6.45, 7) is 10.6. The van der Waals surface area contributed by atoms with E-state index in [1.54, 1.807) is 19.9 Å². The van der Waals surface area contributed by atoms with Crippen molar-refractivity contribution >= 4 is 11.9 Å². The van der Waals surface area contributed by atoms with E-state index in [2.05, 4.69) is 5.32 Å². The van der Waals surface area contributed by atoms with Crippen LogP contribution in [-0.4, -0.2) is 31.2 Å². The minimum Gasteiger partial charge on any atom is -0.465 e. The molecule has 0 bridgehead atoms. The third-order valence-corrected chi connectivity index (χ3v) is 3.86. The first-order valence-electron chi connectivity index (χ1n) is 8.64. The molecule has 0 aliphatic carbocycles. The van der Waals surface area contributed by atoms with Crippen LogP contribution < -0.4 is 5.32 Å². The zero-order valence-corrected chi connectivity index (χ0v) is 15.3. The molecule has 24 heavy (non-hydrogen) atoms. The van der Waals surface area contributed by atoms with Gasteiger partial charge in [-0.3, -0.25) is 4.79 Å². The summed E-state index contributed by atoms with van der Waals surface area (Å²) < 4.78 is 10.3. The minimum atomic E-state index is -0.412. The number of nitrogens with one attached hydrogen (secondary N) is 1. The van der Waals surface area contributed by atoms with E-state index < -0.39 is 6.04 Å². The van der Waals surface area contributed by atoms with Crippen LogP contribution in [-0.2, 0) is 27.2 Å². The number of carbonyl (C=O) groups excluding carboxylic acids is 2. The summed E-state index contributed by atoms with van der Waals surface area (Å²) in [7, 11) is 0. The Bertz CT molecular complexity index is 554. The maximum atomic E-state index is 12.2. The zero-order chi connectivity index (χ0) is 18.1. The van der Waals surface area contributed by atoms with Gasteiger partial charge in [0.25, 0.3) is 0 Å². The Balaban J connectivity index is 3.03. The first kappa shape index (κ1) is 20.2. The van der Waals surface area contributed by atoms with Gasteiger partial charge in [-0.15, -0.1) is 0 Å². The third-order valence-electron chi connectivity index (χ3n) is 3.86. The highest BCUT2D eigenvalue weighted by molar-refractivity contribution is 5.91. The fourth-order valence-electron chi connectivity index (χ4n) is 2.61. The van der Waals surface area contributed by atoms with Crippen LogP contribution in [0.15, 0.2) is 18.2 Å². The van der Waals surface area contributed by atoms with Crippen molar-refractivity contribution in [3.63, 3.8) is 0 Å². The van der Waals surface area contributed by atoms with Gasteiger partial charge in [0, 0.05) is 6.54 Å². The van der Waals surface area contributed by atoms with Crippen LogP contribution in [0.2, 0.25) is 0 Å². The standard InChI is InChI=1S/C19H29NO4/c1-6-14-10-9-11-15(18(21)23-7-2)16(14)12-20-17(13(4)5)19(22)24-8-3/h9-11,13,17,20H,6-8,12H2,1-5H3. The molecule has 0 spiro atoms. The Morgan fingerprint density at radius 1 is 1.08 bits per heavy atom. The smallest absolute Gasteiger partial charge is 0.338 e. The van der Waals surface area contributed by atoms with Crippen molar-refractivity contribution in [2.24, 2.45) is 5.92 Å². The Hall–Kier alpha value is -1.88. The van der Waals surface area contributed by atoms with Gasteiger partial charge in [-0.25, -0.2) is 4.79 Å². The van der Waals surface area contributed by atoms with Crippen LogP contribution in [0.4, 0.5) is 0 Å². The van der Waals surface area contributed by atoms with Crippen molar-refractivity contribution in [2.45, 2.75) is 53.6 Å². The Kier molecular flexibility index (Phi) is 8.47. The van der Waals surface area contributed by atoms with Gasteiger partial charge in [0.2, 0.25) is 0 Å². The highest BCUT2D eigenvalue weighted by Gasteiger charge is 2.24. The highest BCUT2D eigenvalue weighted by atomic mass is 16.5. The van der Waals surface area contributed by atoms with Crippen LogP contribution in [0.5, 0.6) is 0 Å². The molecular weight excluding hydrogens is 306 g/mol. The van der Waals surface area contributed by atoms with Gasteiger partial charge in [0.15, 0.2) is 0 Å². The van der Waals surface area contributed by atoms with E-state index in [0.717, 1.165) is 17.5 Å². The SMILES string of the molecule is CCOC(=O)c1cccc(CC)c1CNC(C(=O)OCC)C(C)C. The number of hydrogen-bond acceptors (Lipinski definition) is 5. The van der Waals surface area contributed by atoms with Crippen LogP contribution in [0, 0.1) is 5.92 Å². The number of ether oxygens (including phenoxy) is 2. The predicted octanol–water partition coefficient (Wildman–Crippen LogP) is 3.10. The summed E-state index contributed by atoms with van der Waals surface area (Å²) >= 11 is 0. The second-order valence-electron chi connectivity index (χ2n) is 5.87. The fourth-order valence-corrected chi connectivity index (χ4v) is 2.61. The highest BCUT2D eigenvalue weighted by Crippen LogP contribution is 2.18. The monoisotopic (exact) mass is 335 g/mol. The maximum absolute atomic E-state index is 12.2. The van der Waals surface area contributed by atoms with Crippen LogP contribution >= 0.6 is 0 Å². The fraction of sp³-hybridized carbons (Fsp3) is 0.579. The molecule has 1 N–H and O–H groups in total. The summed E-state index contributed by atoms with van der Waals surface area (Å²) in [6, 6.07) is 5.21. The summed E-state index contributed by atoms with van der Waals surface area (Å²) in [5, 5.41) is 3.25. The van der Waals surface area contributed by atoms with Gasteiger partial charge in [0.05, 0.1) is 18.8 Å². The molecule has 1 aromatic carbocycles. The lowest BCUT2D eigenvalue weighted by Crippen LogP contribution is -2.42. The first-order chi connectivity index (χ1) is 11.5.